The van der Waals surface area contributed by atoms with E-state index in [4.69, 9.17) is 18.9 Å². The van der Waals surface area contributed by atoms with Crippen molar-refractivity contribution in [2.24, 2.45) is 0 Å². The Bertz CT molecular complexity index is 1180. The monoisotopic (exact) mass is 510 g/mol. The van der Waals surface area contributed by atoms with Crippen LogP contribution in [0.1, 0.15) is 42.2 Å². The molecule has 4 rings (SSSR count). The lowest BCUT2D eigenvalue weighted by Gasteiger charge is -2.36. The van der Waals surface area contributed by atoms with Crippen LogP contribution in [0.4, 0.5) is 0 Å². The molecule has 1 fully saturated rings. The zero-order valence-electron chi connectivity index (χ0n) is 20.8. The highest BCUT2D eigenvalue weighted by Gasteiger charge is 2.34. The van der Waals surface area contributed by atoms with Crippen LogP contribution < -0.4 is 4.74 Å². The van der Waals surface area contributed by atoms with E-state index < -0.39 is 22.2 Å². The van der Waals surface area contributed by atoms with Gasteiger partial charge in [0.25, 0.3) is 0 Å². The zero-order valence-corrected chi connectivity index (χ0v) is 21.7. The highest BCUT2D eigenvalue weighted by Crippen LogP contribution is 2.33. The molecule has 3 aromatic rings. The van der Waals surface area contributed by atoms with Crippen molar-refractivity contribution in [1.29, 1.82) is 0 Å². The summed E-state index contributed by atoms with van der Waals surface area (Å²) in [5, 5.41) is 0. The molecule has 1 aliphatic heterocycles. The number of methoxy groups -OCH3 is 1. The van der Waals surface area contributed by atoms with Gasteiger partial charge < -0.3 is 18.9 Å². The van der Waals surface area contributed by atoms with Gasteiger partial charge in [-0.2, -0.15) is 0 Å². The standard InChI is InChI=1S/C29H34O6S/c1-22-10-16-28(17-11-22)36(30,31)21-27-19-26(34-29(35-27)24-7-4-3-5-8-24)9-6-18-33-20-23-12-14-25(32-2)15-13-23/h3-5,7-8,10-17,26-27,29H,6,9,18-21H2,1-2H3/t26-,27-,29-/m0/s1. The van der Waals surface area contributed by atoms with E-state index in [-0.39, 0.29) is 11.9 Å². The molecule has 0 spiro atoms. The van der Waals surface area contributed by atoms with Gasteiger partial charge in [0.15, 0.2) is 16.1 Å². The smallest absolute Gasteiger partial charge is 0.184 e. The molecule has 0 aromatic heterocycles. The van der Waals surface area contributed by atoms with Crippen LogP contribution in [0.2, 0.25) is 0 Å². The Morgan fingerprint density at radius 1 is 0.889 bits per heavy atom. The van der Waals surface area contributed by atoms with Gasteiger partial charge in [0.1, 0.15) is 5.75 Å². The molecule has 0 aliphatic carbocycles. The molecular formula is C29H34O6S. The van der Waals surface area contributed by atoms with E-state index in [0.29, 0.717) is 24.5 Å². The Labute approximate surface area is 214 Å². The highest BCUT2D eigenvalue weighted by atomic mass is 32.2. The number of benzene rings is 3. The first-order chi connectivity index (χ1) is 17.4. The van der Waals surface area contributed by atoms with E-state index in [1.165, 1.54) is 0 Å². The number of aryl methyl sites for hydroxylation is 1. The van der Waals surface area contributed by atoms with Crippen molar-refractivity contribution in [1.82, 2.24) is 0 Å². The second-order valence-corrected chi connectivity index (χ2v) is 11.2. The van der Waals surface area contributed by atoms with Crippen molar-refractivity contribution >= 4 is 9.84 Å². The molecule has 36 heavy (non-hydrogen) atoms. The second-order valence-electron chi connectivity index (χ2n) is 9.13. The van der Waals surface area contributed by atoms with Gasteiger partial charge in [-0.1, -0.05) is 60.2 Å². The molecule has 3 atom stereocenters. The van der Waals surface area contributed by atoms with E-state index in [9.17, 15) is 8.42 Å². The van der Waals surface area contributed by atoms with Crippen molar-refractivity contribution in [2.75, 3.05) is 19.5 Å². The van der Waals surface area contributed by atoms with Crippen molar-refractivity contribution in [3.05, 3.63) is 95.6 Å². The van der Waals surface area contributed by atoms with E-state index in [2.05, 4.69) is 0 Å². The first-order valence-electron chi connectivity index (χ1n) is 12.3. The van der Waals surface area contributed by atoms with Crippen LogP contribution in [-0.2, 0) is 30.7 Å². The number of hydrogen-bond donors (Lipinski definition) is 0. The van der Waals surface area contributed by atoms with E-state index >= 15 is 0 Å². The minimum Gasteiger partial charge on any atom is -0.497 e. The third-order valence-electron chi connectivity index (χ3n) is 6.26. The predicted molar refractivity (Wildman–Crippen MR) is 139 cm³/mol. The van der Waals surface area contributed by atoms with Gasteiger partial charge in [0.05, 0.1) is 36.6 Å². The summed E-state index contributed by atoms with van der Waals surface area (Å²) in [7, 11) is -1.84. The van der Waals surface area contributed by atoms with Crippen LogP contribution in [0.3, 0.4) is 0 Å². The van der Waals surface area contributed by atoms with Crippen molar-refractivity contribution in [2.45, 2.75) is 56.2 Å². The fourth-order valence-corrected chi connectivity index (χ4v) is 5.71. The molecule has 0 unspecified atom stereocenters. The molecular weight excluding hydrogens is 476 g/mol. The minimum absolute atomic E-state index is 0.0762. The summed E-state index contributed by atoms with van der Waals surface area (Å²) >= 11 is 0. The highest BCUT2D eigenvalue weighted by molar-refractivity contribution is 7.91. The third kappa shape index (κ3) is 7.40. The first kappa shape index (κ1) is 26.4. The third-order valence-corrected chi connectivity index (χ3v) is 8.06. The molecule has 3 aromatic carbocycles. The first-order valence-corrected chi connectivity index (χ1v) is 13.9. The van der Waals surface area contributed by atoms with Crippen molar-refractivity contribution in [3.63, 3.8) is 0 Å². The molecule has 0 saturated carbocycles. The van der Waals surface area contributed by atoms with Gasteiger partial charge in [-0.3, -0.25) is 0 Å². The Kier molecular flexibility index (Phi) is 9.15. The van der Waals surface area contributed by atoms with Gasteiger partial charge in [0.2, 0.25) is 0 Å². The van der Waals surface area contributed by atoms with Gasteiger partial charge in [-0.05, 0) is 49.6 Å². The van der Waals surface area contributed by atoms with Gasteiger partial charge in [-0.15, -0.1) is 0 Å². The minimum atomic E-state index is -3.48. The fraction of sp³-hybridized carbons (Fsp3) is 0.379. The maximum absolute atomic E-state index is 13.1. The molecule has 6 nitrogen and oxygen atoms in total. The lowest BCUT2D eigenvalue weighted by Crippen LogP contribution is -2.38. The number of hydrogen-bond acceptors (Lipinski definition) is 6. The summed E-state index contributed by atoms with van der Waals surface area (Å²) < 4.78 is 49.6. The summed E-state index contributed by atoms with van der Waals surface area (Å²) in [6.45, 7) is 3.06. The van der Waals surface area contributed by atoms with Gasteiger partial charge in [0, 0.05) is 18.6 Å². The molecule has 0 N–H and O–H groups in total. The molecule has 0 bridgehead atoms. The lowest BCUT2D eigenvalue weighted by atomic mass is 10.1. The maximum Gasteiger partial charge on any atom is 0.184 e. The summed E-state index contributed by atoms with van der Waals surface area (Å²) in [6, 6.07) is 24.5. The largest absolute Gasteiger partial charge is 0.497 e. The normalized spacial score (nSPS) is 20.2. The topological polar surface area (TPSA) is 71.1 Å². The average Bonchev–Trinajstić information content (AvgIpc) is 2.89. The summed E-state index contributed by atoms with van der Waals surface area (Å²) in [5.74, 6) is 0.745. The Balaban J connectivity index is 1.34. The Hall–Kier alpha value is -2.71. The quantitative estimate of drug-likeness (QED) is 0.311. The number of rotatable bonds is 11. The molecule has 1 saturated heterocycles. The van der Waals surface area contributed by atoms with Gasteiger partial charge >= 0.3 is 0 Å². The van der Waals surface area contributed by atoms with Crippen molar-refractivity contribution in [3.8, 4) is 5.75 Å². The van der Waals surface area contributed by atoms with E-state index in [1.807, 2.05) is 73.7 Å². The number of sulfone groups is 1. The molecule has 0 radical (unpaired) electrons. The van der Waals surface area contributed by atoms with Crippen LogP contribution in [0.5, 0.6) is 5.75 Å². The van der Waals surface area contributed by atoms with Crippen LogP contribution in [0.15, 0.2) is 83.8 Å². The zero-order chi connectivity index (χ0) is 25.4. The van der Waals surface area contributed by atoms with Crippen LogP contribution in [0, 0.1) is 6.92 Å². The average molecular weight is 511 g/mol. The molecule has 0 amide bonds. The molecule has 7 heteroatoms. The van der Waals surface area contributed by atoms with Crippen LogP contribution >= 0.6 is 0 Å². The lowest BCUT2D eigenvalue weighted by molar-refractivity contribution is -0.244. The van der Waals surface area contributed by atoms with Gasteiger partial charge in [-0.25, -0.2) is 8.42 Å². The van der Waals surface area contributed by atoms with E-state index in [1.54, 1.807) is 19.2 Å². The molecule has 1 aliphatic rings. The maximum atomic E-state index is 13.1. The fourth-order valence-electron chi connectivity index (χ4n) is 4.26. The Morgan fingerprint density at radius 2 is 1.58 bits per heavy atom. The van der Waals surface area contributed by atoms with Crippen LogP contribution in [0.25, 0.3) is 0 Å². The second kappa shape index (κ2) is 12.5. The molecule has 192 valence electrons. The number of ether oxygens (including phenoxy) is 4. The summed E-state index contributed by atoms with van der Waals surface area (Å²) in [5.41, 5.74) is 2.99. The summed E-state index contributed by atoms with van der Waals surface area (Å²) in [6.07, 6.45) is 0.916. The van der Waals surface area contributed by atoms with Crippen LogP contribution in [-0.4, -0.2) is 40.1 Å². The predicted octanol–water partition coefficient (Wildman–Crippen LogP) is 5.65. The Morgan fingerprint density at radius 3 is 2.28 bits per heavy atom. The summed E-state index contributed by atoms with van der Waals surface area (Å²) in [4.78, 5) is 0.322. The van der Waals surface area contributed by atoms with E-state index in [0.717, 1.165) is 35.3 Å². The molecule has 1 heterocycles. The van der Waals surface area contributed by atoms with Crippen molar-refractivity contribution < 1.29 is 27.4 Å². The SMILES string of the molecule is COc1ccc(COCCC[C@H]2C[C@@H](CS(=O)(=O)c3ccc(C)cc3)O[C@@H](c3ccccc3)O2)cc1.